The van der Waals surface area contributed by atoms with Gasteiger partial charge in [-0.15, -0.1) is 11.6 Å². The third kappa shape index (κ3) is 6.50. The van der Waals surface area contributed by atoms with Gasteiger partial charge >= 0.3 is 0 Å². The topological polar surface area (TPSA) is 77.6 Å². The van der Waals surface area contributed by atoms with Gasteiger partial charge in [0.15, 0.2) is 0 Å². The summed E-state index contributed by atoms with van der Waals surface area (Å²) >= 11 is 5.72. The van der Waals surface area contributed by atoms with Gasteiger partial charge in [0.25, 0.3) is 0 Å². The number of nitrogens with two attached hydrogens (primary N) is 1. The fourth-order valence-corrected chi connectivity index (χ4v) is 4.28. The van der Waals surface area contributed by atoms with Crippen molar-refractivity contribution in [3.05, 3.63) is 59.1 Å². The molecule has 2 aliphatic rings. The molecule has 7 heteroatoms. The summed E-state index contributed by atoms with van der Waals surface area (Å²) in [6, 6.07) is 1.95. The molecular weight excluding hydrogens is 417 g/mol. The van der Waals surface area contributed by atoms with Gasteiger partial charge in [0.05, 0.1) is 25.1 Å². The highest BCUT2D eigenvalue weighted by Gasteiger charge is 2.24. The number of allylic oxidation sites excluding steroid dienone is 5. The molecule has 2 unspecified atom stereocenters. The van der Waals surface area contributed by atoms with Crippen LogP contribution < -0.4 is 5.73 Å². The van der Waals surface area contributed by atoms with Gasteiger partial charge in [0.1, 0.15) is 6.17 Å². The minimum Gasteiger partial charge on any atom is -0.483 e. The smallest absolute Gasteiger partial charge is 0.223 e. The molecule has 0 bridgehead atoms. The molecule has 3 rings (SSSR count). The van der Waals surface area contributed by atoms with Gasteiger partial charge in [0.2, 0.25) is 11.8 Å². The van der Waals surface area contributed by atoms with Crippen LogP contribution in [0, 0.1) is 5.92 Å². The molecule has 1 aromatic rings. The maximum Gasteiger partial charge on any atom is 0.223 e. The van der Waals surface area contributed by atoms with Gasteiger partial charge in [-0.05, 0) is 66.9 Å². The first-order valence-electron chi connectivity index (χ1n) is 10.6. The number of hydrogen-bond acceptors (Lipinski definition) is 4. The molecule has 2 aliphatic carbocycles. The Balaban J connectivity index is 1.74. The van der Waals surface area contributed by atoms with Gasteiger partial charge in [0, 0.05) is 18.3 Å². The molecule has 0 saturated heterocycles. The van der Waals surface area contributed by atoms with E-state index in [1.165, 1.54) is 5.56 Å². The van der Waals surface area contributed by atoms with Crippen molar-refractivity contribution in [2.24, 2.45) is 16.6 Å². The molecule has 0 fully saturated rings. The summed E-state index contributed by atoms with van der Waals surface area (Å²) in [5.41, 5.74) is 10.4. The molecule has 0 spiro atoms. The van der Waals surface area contributed by atoms with Crippen LogP contribution in [0.3, 0.4) is 0 Å². The predicted molar refractivity (Wildman–Crippen MR) is 123 cm³/mol. The van der Waals surface area contributed by atoms with E-state index in [0.29, 0.717) is 23.9 Å². The Kier molecular flexibility index (Phi) is 8.41. The van der Waals surface area contributed by atoms with Crippen LogP contribution in [0.2, 0.25) is 0 Å². The summed E-state index contributed by atoms with van der Waals surface area (Å²) in [5.74, 6) is 0.847. The van der Waals surface area contributed by atoms with Crippen LogP contribution in [0.25, 0.3) is 5.57 Å². The van der Waals surface area contributed by atoms with Crippen LogP contribution in [0.4, 0.5) is 4.39 Å². The first kappa shape index (κ1) is 23.2. The number of alkyl halides is 2. The Morgan fingerprint density at radius 1 is 1.48 bits per heavy atom. The van der Waals surface area contributed by atoms with E-state index < -0.39 is 12.1 Å². The second-order valence-corrected chi connectivity index (χ2v) is 8.20. The summed E-state index contributed by atoms with van der Waals surface area (Å²) in [7, 11) is 1.55. The van der Waals surface area contributed by atoms with E-state index >= 15 is 0 Å². The highest BCUT2D eigenvalue weighted by atomic mass is 35.5. The van der Waals surface area contributed by atoms with Crippen LogP contribution in [-0.4, -0.2) is 36.0 Å². The molecule has 31 heavy (non-hydrogen) atoms. The van der Waals surface area contributed by atoms with Crippen molar-refractivity contribution in [3.8, 4) is 0 Å². The zero-order valence-electron chi connectivity index (χ0n) is 17.8. The van der Waals surface area contributed by atoms with Crippen molar-refractivity contribution in [3.63, 3.8) is 0 Å². The summed E-state index contributed by atoms with van der Waals surface area (Å²) in [6.07, 6.45) is 13.5. The lowest BCUT2D eigenvalue weighted by Gasteiger charge is -2.27. The SMILES string of the molecule is CO/C(CCl)=N/C=C\CCC1CCc2c(C3=CCC(F)C=C3)cc(CC(N)=O)nc2C1. The molecule has 0 radical (unpaired) electrons. The number of pyridine rings is 1. The number of hydrogen-bond donors (Lipinski definition) is 1. The van der Waals surface area contributed by atoms with Crippen molar-refractivity contribution >= 4 is 29.0 Å². The van der Waals surface area contributed by atoms with E-state index in [1.807, 2.05) is 24.3 Å². The van der Waals surface area contributed by atoms with Gasteiger partial charge in [-0.25, -0.2) is 9.38 Å². The third-order valence-corrected chi connectivity index (χ3v) is 5.91. The lowest BCUT2D eigenvalue weighted by atomic mass is 9.80. The molecule has 1 amide bonds. The van der Waals surface area contributed by atoms with E-state index in [2.05, 4.69) is 4.99 Å². The van der Waals surface area contributed by atoms with E-state index in [-0.39, 0.29) is 12.3 Å². The lowest BCUT2D eigenvalue weighted by Crippen LogP contribution is -2.21. The molecule has 2 N–H and O–H groups in total. The number of halogens is 2. The highest BCUT2D eigenvalue weighted by molar-refractivity contribution is 6.27. The third-order valence-electron chi connectivity index (χ3n) is 5.68. The van der Waals surface area contributed by atoms with Crippen molar-refractivity contribution in [2.45, 2.75) is 51.1 Å². The molecule has 0 aliphatic heterocycles. The minimum absolute atomic E-state index is 0.108. The normalized spacial score (nSPS) is 21.1. The zero-order chi connectivity index (χ0) is 22.2. The number of primary amides is 1. The molecular formula is C24H29ClFN3O2. The Morgan fingerprint density at radius 2 is 2.32 bits per heavy atom. The van der Waals surface area contributed by atoms with E-state index in [9.17, 15) is 9.18 Å². The maximum atomic E-state index is 13.5. The van der Waals surface area contributed by atoms with E-state index in [0.717, 1.165) is 48.9 Å². The Labute approximate surface area is 187 Å². The van der Waals surface area contributed by atoms with Crippen LogP contribution >= 0.6 is 11.6 Å². The van der Waals surface area contributed by atoms with Crippen LogP contribution in [0.15, 0.2) is 41.6 Å². The predicted octanol–water partition coefficient (Wildman–Crippen LogP) is 4.47. The summed E-state index contributed by atoms with van der Waals surface area (Å²) < 4.78 is 18.6. The number of carbonyl (C=O) groups is 1. The highest BCUT2D eigenvalue weighted by Crippen LogP contribution is 2.34. The summed E-state index contributed by atoms with van der Waals surface area (Å²) in [6.45, 7) is 0. The largest absolute Gasteiger partial charge is 0.483 e. The Bertz CT molecular complexity index is 918. The van der Waals surface area contributed by atoms with Crippen molar-refractivity contribution in [1.29, 1.82) is 0 Å². The number of nitrogens with zero attached hydrogens (tertiary/aromatic N) is 2. The van der Waals surface area contributed by atoms with Gasteiger partial charge in [-0.1, -0.05) is 18.2 Å². The molecule has 166 valence electrons. The average Bonchev–Trinajstić information content (AvgIpc) is 2.75. The molecule has 0 aromatic carbocycles. The number of amides is 1. The standard InChI is InChI=1S/C24H29ClFN3O2/c1-31-24(15-25)28-11-3-2-4-16-5-10-20-21(17-6-8-18(26)9-7-17)13-19(14-23(27)30)29-22(20)12-16/h3,6-8,11,13,16,18H,2,4-5,9-10,12,14-15H2,1H3,(H2,27,30)/b11-3-,28-24+. The van der Waals surface area contributed by atoms with Crippen molar-refractivity contribution in [2.75, 3.05) is 13.0 Å². The number of aliphatic imine (C=N–C) groups is 1. The number of carbonyl (C=O) groups excluding carboxylic acids is 1. The van der Waals surface area contributed by atoms with Crippen LogP contribution in [0.5, 0.6) is 0 Å². The summed E-state index contributed by atoms with van der Waals surface area (Å²) in [5, 5.41) is 0. The second-order valence-electron chi connectivity index (χ2n) is 7.93. The average molecular weight is 446 g/mol. The first-order valence-corrected chi connectivity index (χ1v) is 11.2. The molecule has 2 atom stereocenters. The van der Waals surface area contributed by atoms with Crippen molar-refractivity contribution < 1.29 is 13.9 Å². The summed E-state index contributed by atoms with van der Waals surface area (Å²) in [4.78, 5) is 20.4. The van der Waals surface area contributed by atoms with Gasteiger partial charge in [-0.2, -0.15) is 0 Å². The first-order chi connectivity index (χ1) is 15.0. The Hall–Kier alpha value is -2.47. The van der Waals surface area contributed by atoms with Crippen LogP contribution in [0.1, 0.15) is 48.2 Å². The number of aromatic nitrogens is 1. The molecule has 0 saturated carbocycles. The van der Waals surface area contributed by atoms with E-state index in [4.69, 9.17) is 27.1 Å². The second kappa shape index (κ2) is 11.2. The monoisotopic (exact) mass is 445 g/mol. The maximum absolute atomic E-state index is 13.5. The zero-order valence-corrected chi connectivity index (χ0v) is 18.6. The minimum atomic E-state index is -0.933. The fraction of sp³-hybridized carbons (Fsp3) is 0.458. The molecule has 1 heterocycles. The molecule has 1 aromatic heterocycles. The lowest BCUT2D eigenvalue weighted by molar-refractivity contribution is -0.117. The van der Waals surface area contributed by atoms with Crippen molar-refractivity contribution in [1.82, 2.24) is 4.98 Å². The fourth-order valence-electron chi connectivity index (χ4n) is 4.11. The quantitative estimate of drug-likeness (QED) is 0.364. The van der Waals surface area contributed by atoms with Gasteiger partial charge < -0.3 is 10.5 Å². The van der Waals surface area contributed by atoms with E-state index in [1.54, 1.807) is 19.4 Å². The number of rotatable bonds is 8. The number of methoxy groups -OCH3 is 1. The Morgan fingerprint density at radius 3 is 3.00 bits per heavy atom. The van der Waals surface area contributed by atoms with Gasteiger partial charge in [-0.3, -0.25) is 9.78 Å². The van der Waals surface area contributed by atoms with Crippen LogP contribution in [-0.2, 0) is 28.8 Å². The molecule has 5 nitrogen and oxygen atoms in total. The number of fused-ring (bicyclic) bond motifs is 1. The number of ether oxygens (including phenoxy) is 1.